The molecule has 1 aromatic rings. The van der Waals surface area contributed by atoms with Crippen LogP contribution in [0.25, 0.3) is 0 Å². The number of sulfonamides is 1. The van der Waals surface area contributed by atoms with Gasteiger partial charge in [-0.15, -0.1) is 0 Å². The Balaban J connectivity index is 2.08. The molecular formula is C14H21FN2O2S2. The van der Waals surface area contributed by atoms with Crippen LogP contribution in [0, 0.1) is 5.82 Å². The van der Waals surface area contributed by atoms with E-state index in [1.807, 2.05) is 13.2 Å². The molecular weight excluding hydrogens is 311 g/mol. The fourth-order valence-corrected chi connectivity index (χ4v) is 4.04. The summed E-state index contributed by atoms with van der Waals surface area (Å²) in [5, 5.41) is 3.08. The van der Waals surface area contributed by atoms with Crippen molar-refractivity contribution >= 4 is 21.8 Å². The number of benzene rings is 1. The van der Waals surface area contributed by atoms with Crippen LogP contribution in [-0.4, -0.2) is 32.5 Å². The highest BCUT2D eigenvalue weighted by Crippen LogP contribution is 2.46. The zero-order valence-corrected chi connectivity index (χ0v) is 13.9. The summed E-state index contributed by atoms with van der Waals surface area (Å²) < 4.78 is 41.0. The van der Waals surface area contributed by atoms with Gasteiger partial charge in [-0.05, 0) is 43.3 Å². The van der Waals surface area contributed by atoms with Crippen molar-refractivity contribution in [3.8, 4) is 0 Å². The van der Waals surface area contributed by atoms with Crippen LogP contribution in [0.5, 0.6) is 0 Å². The summed E-state index contributed by atoms with van der Waals surface area (Å²) >= 11 is 1.66. The molecule has 0 saturated heterocycles. The first-order valence-electron chi connectivity index (χ1n) is 6.96. The molecule has 21 heavy (non-hydrogen) atoms. The van der Waals surface area contributed by atoms with Crippen molar-refractivity contribution in [3.05, 3.63) is 29.6 Å². The van der Waals surface area contributed by atoms with E-state index in [0.717, 1.165) is 24.9 Å². The molecule has 1 aliphatic carbocycles. The molecule has 0 unspecified atom stereocenters. The molecule has 0 amide bonds. The number of thioether (sulfide) groups is 1. The van der Waals surface area contributed by atoms with Gasteiger partial charge in [0.1, 0.15) is 10.7 Å². The molecule has 118 valence electrons. The Hall–Kier alpha value is -0.630. The van der Waals surface area contributed by atoms with Gasteiger partial charge in [0.2, 0.25) is 10.0 Å². The molecule has 2 N–H and O–H groups in total. The SMILES string of the molecule is CCNCc1ccc(S(=O)(=O)NCC2(SC)CC2)c(F)c1. The molecule has 2 rings (SSSR count). The average molecular weight is 332 g/mol. The van der Waals surface area contributed by atoms with E-state index in [2.05, 4.69) is 10.0 Å². The van der Waals surface area contributed by atoms with E-state index in [1.165, 1.54) is 12.1 Å². The van der Waals surface area contributed by atoms with Gasteiger partial charge >= 0.3 is 0 Å². The maximum Gasteiger partial charge on any atom is 0.243 e. The molecule has 0 atom stereocenters. The minimum Gasteiger partial charge on any atom is -0.313 e. The fraction of sp³-hybridized carbons (Fsp3) is 0.571. The summed E-state index contributed by atoms with van der Waals surface area (Å²) in [4.78, 5) is -0.278. The van der Waals surface area contributed by atoms with Crippen molar-refractivity contribution < 1.29 is 12.8 Å². The second-order valence-electron chi connectivity index (χ2n) is 5.26. The van der Waals surface area contributed by atoms with Gasteiger partial charge in [0.15, 0.2) is 0 Å². The number of halogens is 1. The van der Waals surface area contributed by atoms with Gasteiger partial charge in [-0.3, -0.25) is 0 Å². The summed E-state index contributed by atoms with van der Waals surface area (Å²) in [5.41, 5.74) is 0.732. The van der Waals surface area contributed by atoms with Crippen LogP contribution in [0.4, 0.5) is 4.39 Å². The van der Waals surface area contributed by atoms with Crippen LogP contribution in [0.3, 0.4) is 0 Å². The van der Waals surface area contributed by atoms with Crippen LogP contribution in [0.1, 0.15) is 25.3 Å². The third-order valence-electron chi connectivity index (χ3n) is 3.69. The van der Waals surface area contributed by atoms with Crippen LogP contribution in [-0.2, 0) is 16.6 Å². The largest absolute Gasteiger partial charge is 0.313 e. The first-order valence-corrected chi connectivity index (χ1v) is 9.67. The zero-order valence-electron chi connectivity index (χ0n) is 12.3. The Morgan fingerprint density at radius 1 is 1.38 bits per heavy atom. The standard InChI is InChI=1S/C14H21FN2O2S2/c1-3-16-9-11-4-5-13(12(15)8-11)21(18,19)17-10-14(20-2)6-7-14/h4-5,8,16-17H,3,6-7,9-10H2,1-2H3. The first kappa shape index (κ1) is 16.7. The number of hydrogen-bond acceptors (Lipinski definition) is 4. The normalized spacial score (nSPS) is 16.9. The van der Waals surface area contributed by atoms with Gasteiger partial charge in [-0.1, -0.05) is 13.0 Å². The van der Waals surface area contributed by atoms with Crippen molar-refractivity contribution in [1.82, 2.24) is 10.0 Å². The summed E-state index contributed by atoms with van der Waals surface area (Å²) in [6, 6.07) is 4.25. The second-order valence-corrected chi connectivity index (χ2v) is 8.27. The quantitative estimate of drug-likeness (QED) is 0.765. The summed E-state index contributed by atoms with van der Waals surface area (Å²) in [6.07, 6.45) is 3.97. The lowest BCUT2D eigenvalue weighted by molar-refractivity contribution is 0.554. The lowest BCUT2D eigenvalue weighted by Gasteiger charge is -2.14. The molecule has 0 heterocycles. The molecule has 4 nitrogen and oxygen atoms in total. The predicted octanol–water partition coefficient (Wildman–Crippen LogP) is 2.11. The Morgan fingerprint density at radius 2 is 2.10 bits per heavy atom. The van der Waals surface area contributed by atoms with Crippen LogP contribution in [0.15, 0.2) is 23.1 Å². The van der Waals surface area contributed by atoms with Crippen molar-refractivity contribution in [2.45, 2.75) is 36.0 Å². The van der Waals surface area contributed by atoms with E-state index >= 15 is 0 Å². The Bertz CT molecular complexity index is 601. The van der Waals surface area contributed by atoms with E-state index in [1.54, 1.807) is 17.8 Å². The van der Waals surface area contributed by atoms with Gasteiger partial charge in [0.05, 0.1) is 0 Å². The second kappa shape index (κ2) is 6.64. The molecule has 1 aliphatic rings. The highest BCUT2D eigenvalue weighted by Gasteiger charge is 2.42. The molecule has 0 spiro atoms. The molecule has 7 heteroatoms. The maximum atomic E-state index is 14.0. The molecule has 1 aromatic carbocycles. The topological polar surface area (TPSA) is 58.2 Å². The van der Waals surface area contributed by atoms with E-state index in [-0.39, 0.29) is 9.64 Å². The van der Waals surface area contributed by atoms with Gasteiger partial charge in [-0.25, -0.2) is 17.5 Å². The van der Waals surface area contributed by atoms with Crippen LogP contribution in [0.2, 0.25) is 0 Å². The van der Waals surface area contributed by atoms with Crippen molar-refractivity contribution in [3.63, 3.8) is 0 Å². The average Bonchev–Trinajstić information content (AvgIpc) is 3.23. The molecule has 1 saturated carbocycles. The summed E-state index contributed by atoms with van der Waals surface area (Å²) in [5.74, 6) is -0.702. The lowest BCUT2D eigenvalue weighted by Crippen LogP contribution is -2.32. The van der Waals surface area contributed by atoms with Gasteiger partial charge < -0.3 is 5.32 Å². The van der Waals surface area contributed by atoms with Crippen molar-refractivity contribution in [2.75, 3.05) is 19.3 Å². The first-order chi connectivity index (χ1) is 9.92. The monoisotopic (exact) mass is 332 g/mol. The Morgan fingerprint density at radius 3 is 2.62 bits per heavy atom. The molecule has 0 bridgehead atoms. The molecule has 1 fully saturated rings. The van der Waals surface area contributed by atoms with Gasteiger partial charge in [0.25, 0.3) is 0 Å². The lowest BCUT2D eigenvalue weighted by atomic mass is 10.2. The summed E-state index contributed by atoms with van der Waals surface area (Å²) in [7, 11) is -3.79. The zero-order chi connectivity index (χ0) is 15.5. The fourth-order valence-electron chi connectivity index (χ4n) is 2.04. The highest BCUT2D eigenvalue weighted by molar-refractivity contribution is 8.00. The van der Waals surface area contributed by atoms with Gasteiger partial charge in [0, 0.05) is 17.8 Å². The number of nitrogens with one attached hydrogen (secondary N) is 2. The smallest absolute Gasteiger partial charge is 0.243 e. The third kappa shape index (κ3) is 4.18. The van der Waals surface area contributed by atoms with Gasteiger partial charge in [-0.2, -0.15) is 11.8 Å². The van der Waals surface area contributed by atoms with E-state index in [0.29, 0.717) is 13.1 Å². The maximum absolute atomic E-state index is 14.0. The highest BCUT2D eigenvalue weighted by atomic mass is 32.2. The molecule has 0 aliphatic heterocycles. The number of hydrogen-bond donors (Lipinski definition) is 2. The minimum atomic E-state index is -3.79. The van der Waals surface area contributed by atoms with E-state index in [4.69, 9.17) is 0 Å². The van der Waals surface area contributed by atoms with E-state index in [9.17, 15) is 12.8 Å². The Kier molecular flexibility index (Phi) is 5.29. The molecule has 0 radical (unpaired) electrons. The predicted molar refractivity (Wildman–Crippen MR) is 84.4 cm³/mol. The molecule has 0 aromatic heterocycles. The Labute approximate surface area is 129 Å². The van der Waals surface area contributed by atoms with Crippen molar-refractivity contribution in [2.24, 2.45) is 0 Å². The third-order valence-corrected chi connectivity index (χ3v) is 6.54. The van der Waals surface area contributed by atoms with Crippen LogP contribution >= 0.6 is 11.8 Å². The van der Waals surface area contributed by atoms with Crippen molar-refractivity contribution in [1.29, 1.82) is 0 Å². The van der Waals surface area contributed by atoms with E-state index < -0.39 is 15.8 Å². The number of rotatable bonds is 8. The minimum absolute atomic E-state index is 0.00847. The van der Waals surface area contributed by atoms with Crippen LogP contribution < -0.4 is 10.0 Å². The summed E-state index contributed by atoms with van der Waals surface area (Å²) in [6.45, 7) is 3.62.